The summed E-state index contributed by atoms with van der Waals surface area (Å²) >= 11 is 12.5. The molecule has 0 saturated heterocycles. The number of methoxy groups -OCH3 is 1. The Labute approximate surface area is 257 Å². The average molecular weight is 633 g/mol. The third kappa shape index (κ3) is 7.56. The molecule has 224 valence electrons. The van der Waals surface area contributed by atoms with Gasteiger partial charge in [-0.25, -0.2) is 8.42 Å². The van der Waals surface area contributed by atoms with Crippen LogP contribution in [0.4, 0.5) is 5.69 Å². The van der Waals surface area contributed by atoms with E-state index >= 15 is 0 Å². The van der Waals surface area contributed by atoms with Crippen molar-refractivity contribution < 1.29 is 22.7 Å². The van der Waals surface area contributed by atoms with E-state index in [4.69, 9.17) is 27.9 Å². The Morgan fingerprint density at radius 1 is 1.00 bits per heavy atom. The monoisotopic (exact) mass is 631 g/mol. The van der Waals surface area contributed by atoms with Crippen LogP contribution in [0.25, 0.3) is 0 Å². The number of carbonyl (C=O) groups is 2. The second kappa shape index (κ2) is 14.3. The normalized spacial score (nSPS) is 14.3. The first kappa shape index (κ1) is 31.7. The van der Waals surface area contributed by atoms with E-state index in [-0.39, 0.29) is 34.1 Å². The van der Waals surface area contributed by atoms with E-state index in [1.54, 1.807) is 48.5 Å². The van der Waals surface area contributed by atoms with Crippen LogP contribution in [0.1, 0.15) is 44.6 Å². The highest BCUT2D eigenvalue weighted by atomic mass is 35.5. The number of hydrogen-bond donors (Lipinski definition) is 1. The maximum atomic E-state index is 14.2. The molecule has 3 aromatic carbocycles. The molecule has 1 atom stereocenters. The molecule has 0 spiro atoms. The molecule has 3 aromatic rings. The number of sulfonamides is 1. The number of anilines is 1. The van der Waals surface area contributed by atoms with Gasteiger partial charge in [0.1, 0.15) is 18.3 Å². The standard InChI is InChI=1S/C31H35Cl2N3O5S/c1-3-28(31(38)34-24-9-7-8-10-24)35(20-22-13-15-23(32)16-14-22)30(37)21-36(25-17-18-29(41-2)27(33)19-25)42(39,40)26-11-5-4-6-12-26/h4-6,11-19,24,28H,3,7-10,20-21H2,1-2H3,(H,34,38). The number of benzene rings is 3. The Balaban J connectivity index is 1.72. The number of carbonyl (C=O) groups excluding carboxylic acids is 2. The Kier molecular flexibility index (Phi) is 10.8. The van der Waals surface area contributed by atoms with Crippen molar-refractivity contribution in [2.24, 2.45) is 0 Å². The van der Waals surface area contributed by atoms with Gasteiger partial charge in [0.2, 0.25) is 11.8 Å². The molecule has 1 fully saturated rings. The minimum Gasteiger partial charge on any atom is -0.495 e. The van der Waals surface area contributed by atoms with Crippen LogP contribution in [0.15, 0.2) is 77.7 Å². The van der Waals surface area contributed by atoms with E-state index < -0.39 is 28.5 Å². The van der Waals surface area contributed by atoms with Crippen LogP contribution in [-0.4, -0.2) is 50.9 Å². The first-order valence-electron chi connectivity index (χ1n) is 13.9. The Morgan fingerprint density at radius 2 is 1.67 bits per heavy atom. The molecule has 0 aliphatic heterocycles. The number of hydrogen-bond acceptors (Lipinski definition) is 5. The van der Waals surface area contributed by atoms with Gasteiger partial charge in [-0.15, -0.1) is 0 Å². The Bertz CT molecular complexity index is 1480. The molecule has 0 radical (unpaired) electrons. The van der Waals surface area contributed by atoms with Gasteiger partial charge in [0, 0.05) is 17.6 Å². The zero-order valence-corrected chi connectivity index (χ0v) is 26.0. The number of ether oxygens (including phenoxy) is 1. The lowest BCUT2D eigenvalue weighted by Gasteiger charge is -2.34. The van der Waals surface area contributed by atoms with E-state index in [9.17, 15) is 18.0 Å². The van der Waals surface area contributed by atoms with Crippen molar-refractivity contribution in [3.8, 4) is 5.75 Å². The molecule has 0 aromatic heterocycles. The van der Waals surface area contributed by atoms with Crippen LogP contribution in [0.5, 0.6) is 5.75 Å². The van der Waals surface area contributed by atoms with Gasteiger partial charge in [-0.3, -0.25) is 13.9 Å². The second-order valence-corrected chi connectivity index (χ2v) is 12.9. The number of halogens is 2. The zero-order valence-electron chi connectivity index (χ0n) is 23.6. The van der Waals surface area contributed by atoms with Crippen molar-refractivity contribution in [2.45, 2.75) is 62.6 Å². The van der Waals surface area contributed by atoms with E-state index in [0.29, 0.717) is 17.2 Å². The van der Waals surface area contributed by atoms with Crippen molar-refractivity contribution in [1.82, 2.24) is 10.2 Å². The number of amides is 2. The fourth-order valence-corrected chi connectivity index (χ4v) is 6.94. The molecular formula is C31H35Cl2N3O5S. The lowest BCUT2D eigenvalue weighted by Crippen LogP contribution is -2.53. The van der Waals surface area contributed by atoms with E-state index in [1.807, 2.05) is 6.92 Å². The largest absolute Gasteiger partial charge is 0.495 e. The molecule has 0 bridgehead atoms. The fraction of sp³-hybridized carbons (Fsp3) is 0.355. The number of nitrogens with zero attached hydrogens (tertiary/aromatic N) is 2. The second-order valence-electron chi connectivity index (χ2n) is 10.2. The molecule has 1 N–H and O–H groups in total. The summed E-state index contributed by atoms with van der Waals surface area (Å²) in [4.78, 5) is 29.2. The molecule has 42 heavy (non-hydrogen) atoms. The van der Waals surface area contributed by atoms with Crippen LogP contribution < -0.4 is 14.4 Å². The summed E-state index contributed by atoms with van der Waals surface area (Å²) in [7, 11) is -2.74. The highest BCUT2D eigenvalue weighted by Gasteiger charge is 2.34. The van der Waals surface area contributed by atoms with Crippen LogP contribution >= 0.6 is 23.2 Å². The number of nitrogens with one attached hydrogen (secondary N) is 1. The van der Waals surface area contributed by atoms with E-state index in [1.165, 1.54) is 36.3 Å². The third-order valence-corrected chi connectivity index (χ3v) is 9.72. The van der Waals surface area contributed by atoms with Crippen molar-refractivity contribution in [3.05, 3.63) is 88.4 Å². The maximum absolute atomic E-state index is 14.2. The molecule has 0 heterocycles. The van der Waals surface area contributed by atoms with Crippen molar-refractivity contribution in [3.63, 3.8) is 0 Å². The SMILES string of the molecule is CCC(C(=O)NC1CCCC1)N(Cc1ccc(Cl)cc1)C(=O)CN(c1ccc(OC)c(Cl)c1)S(=O)(=O)c1ccccc1. The summed E-state index contributed by atoms with van der Waals surface area (Å²) in [5.74, 6) is -0.427. The van der Waals surface area contributed by atoms with Crippen LogP contribution in [0.2, 0.25) is 10.0 Å². The summed E-state index contributed by atoms with van der Waals surface area (Å²) in [6.07, 6.45) is 4.23. The smallest absolute Gasteiger partial charge is 0.264 e. The minimum atomic E-state index is -4.20. The van der Waals surface area contributed by atoms with Gasteiger partial charge in [0.25, 0.3) is 10.0 Å². The predicted octanol–water partition coefficient (Wildman–Crippen LogP) is 6.06. The molecule has 8 nitrogen and oxygen atoms in total. The van der Waals surface area contributed by atoms with Gasteiger partial charge < -0.3 is 15.0 Å². The topological polar surface area (TPSA) is 96.0 Å². The molecular weight excluding hydrogens is 597 g/mol. The highest BCUT2D eigenvalue weighted by Crippen LogP contribution is 2.32. The fourth-order valence-electron chi connectivity index (χ4n) is 5.13. The van der Waals surface area contributed by atoms with Crippen LogP contribution in [0.3, 0.4) is 0 Å². The molecule has 1 saturated carbocycles. The van der Waals surface area contributed by atoms with E-state index in [0.717, 1.165) is 35.6 Å². The predicted molar refractivity (Wildman–Crippen MR) is 165 cm³/mol. The molecule has 1 aliphatic carbocycles. The summed E-state index contributed by atoms with van der Waals surface area (Å²) in [5.41, 5.74) is 0.942. The average Bonchev–Trinajstić information content (AvgIpc) is 3.50. The first-order chi connectivity index (χ1) is 20.1. The lowest BCUT2D eigenvalue weighted by molar-refractivity contribution is -0.140. The first-order valence-corrected chi connectivity index (χ1v) is 16.1. The van der Waals surface area contributed by atoms with Crippen molar-refractivity contribution >= 4 is 50.7 Å². The Morgan fingerprint density at radius 3 is 2.26 bits per heavy atom. The maximum Gasteiger partial charge on any atom is 0.264 e. The van der Waals surface area contributed by atoms with Crippen LogP contribution in [0, 0.1) is 0 Å². The highest BCUT2D eigenvalue weighted by molar-refractivity contribution is 7.92. The van der Waals surface area contributed by atoms with Crippen LogP contribution in [-0.2, 0) is 26.2 Å². The quantitative estimate of drug-likeness (QED) is 0.262. The molecule has 2 amide bonds. The lowest BCUT2D eigenvalue weighted by atomic mass is 10.1. The molecule has 1 aliphatic rings. The van der Waals surface area contributed by atoms with Gasteiger partial charge in [0.05, 0.1) is 22.7 Å². The van der Waals surface area contributed by atoms with Gasteiger partial charge in [-0.2, -0.15) is 0 Å². The van der Waals surface area contributed by atoms with Gasteiger partial charge in [0.15, 0.2) is 0 Å². The third-order valence-electron chi connectivity index (χ3n) is 7.39. The summed E-state index contributed by atoms with van der Waals surface area (Å²) in [6, 6.07) is 18.6. The van der Waals surface area contributed by atoms with E-state index in [2.05, 4.69) is 5.32 Å². The summed E-state index contributed by atoms with van der Waals surface area (Å²) < 4.78 is 34.1. The molecule has 11 heteroatoms. The number of rotatable bonds is 12. The zero-order chi connectivity index (χ0) is 30.3. The minimum absolute atomic E-state index is 0.0139. The van der Waals surface area contributed by atoms with Crippen molar-refractivity contribution in [1.29, 1.82) is 0 Å². The Hall–Kier alpha value is -3.27. The van der Waals surface area contributed by atoms with Gasteiger partial charge in [-0.1, -0.05) is 73.3 Å². The van der Waals surface area contributed by atoms with Gasteiger partial charge >= 0.3 is 0 Å². The summed E-state index contributed by atoms with van der Waals surface area (Å²) in [5, 5.41) is 3.84. The molecule has 1 unspecified atom stereocenters. The summed E-state index contributed by atoms with van der Waals surface area (Å²) in [6.45, 7) is 1.37. The molecule has 4 rings (SSSR count). The van der Waals surface area contributed by atoms with Gasteiger partial charge in [-0.05, 0) is 67.3 Å². The van der Waals surface area contributed by atoms with Crippen molar-refractivity contribution in [2.75, 3.05) is 18.0 Å².